The van der Waals surface area contributed by atoms with Gasteiger partial charge in [-0.25, -0.2) is 0 Å². The molecule has 1 aliphatic carbocycles. The van der Waals surface area contributed by atoms with Gasteiger partial charge in [-0.05, 0) is 48.3 Å². The van der Waals surface area contributed by atoms with E-state index in [-0.39, 0.29) is 23.8 Å². The van der Waals surface area contributed by atoms with Gasteiger partial charge in [-0.2, -0.15) is 11.3 Å². The fraction of sp³-hybridized carbons (Fsp3) is 0.688. The summed E-state index contributed by atoms with van der Waals surface area (Å²) in [6, 6.07) is 2.08. The maximum Gasteiger partial charge on any atom is 0.316 e. The average molecular weight is 332 g/mol. The number of ether oxygens (including phenoxy) is 1. The van der Waals surface area contributed by atoms with E-state index < -0.39 is 0 Å². The third-order valence-corrected chi connectivity index (χ3v) is 5.14. The third kappa shape index (κ3) is 4.21. The average Bonchev–Trinajstić information content (AvgIpc) is 3.14. The van der Waals surface area contributed by atoms with Gasteiger partial charge in [0.2, 0.25) is 0 Å². The number of esters is 1. The topological polar surface area (TPSA) is 29.5 Å². The molecule has 1 aromatic heterocycles. The Morgan fingerprint density at radius 1 is 1.33 bits per heavy atom. The zero-order valence-electron chi connectivity index (χ0n) is 13.0. The Labute approximate surface area is 138 Å². The number of hydrogen-bond acceptors (Lipinski definition) is 4. The van der Waals surface area contributed by atoms with E-state index in [0.717, 1.165) is 50.9 Å². The normalized spacial score (nSPS) is 16.7. The Kier molecular flexibility index (Phi) is 7.71. The predicted octanol–water partition coefficient (Wildman–Crippen LogP) is 3.87. The van der Waals surface area contributed by atoms with E-state index in [0.29, 0.717) is 6.61 Å². The SMILES string of the molecule is CCN(CC)CCOC(=O)C1(c2ccsc2)CCCC1.Cl. The first-order chi connectivity index (χ1) is 9.73. The van der Waals surface area contributed by atoms with Gasteiger partial charge in [-0.15, -0.1) is 12.4 Å². The van der Waals surface area contributed by atoms with Crippen molar-refractivity contribution < 1.29 is 9.53 Å². The number of carbonyl (C=O) groups excluding carboxylic acids is 1. The molecule has 0 aromatic carbocycles. The fourth-order valence-electron chi connectivity index (χ4n) is 3.07. The van der Waals surface area contributed by atoms with Crippen LogP contribution in [0.1, 0.15) is 45.1 Å². The molecule has 0 radical (unpaired) electrons. The molecule has 1 saturated carbocycles. The first kappa shape index (κ1) is 18.5. The first-order valence-electron chi connectivity index (χ1n) is 7.65. The lowest BCUT2D eigenvalue weighted by molar-refractivity contribution is -0.151. The van der Waals surface area contributed by atoms with E-state index in [9.17, 15) is 4.79 Å². The number of rotatable bonds is 7. The Morgan fingerprint density at radius 3 is 2.52 bits per heavy atom. The van der Waals surface area contributed by atoms with Crippen LogP contribution < -0.4 is 0 Å². The minimum absolute atomic E-state index is 0. The summed E-state index contributed by atoms with van der Waals surface area (Å²) in [6.45, 7) is 7.61. The molecule has 5 heteroatoms. The van der Waals surface area contributed by atoms with Crippen molar-refractivity contribution in [3.8, 4) is 0 Å². The van der Waals surface area contributed by atoms with Crippen LogP contribution in [0.5, 0.6) is 0 Å². The number of likely N-dealkylation sites (N-methyl/N-ethyl adjacent to an activating group) is 1. The molecule has 0 unspecified atom stereocenters. The predicted molar refractivity (Wildman–Crippen MR) is 90.5 cm³/mol. The third-order valence-electron chi connectivity index (χ3n) is 4.46. The van der Waals surface area contributed by atoms with E-state index >= 15 is 0 Å². The molecule has 3 nitrogen and oxygen atoms in total. The number of nitrogens with zero attached hydrogens (tertiary/aromatic N) is 1. The number of carbonyl (C=O) groups is 1. The lowest BCUT2D eigenvalue weighted by Crippen LogP contribution is -2.36. The Bertz CT molecular complexity index is 412. The molecule has 0 bridgehead atoms. The molecule has 0 saturated heterocycles. The zero-order chi connectivity index (χ0) is 14.4. The van der Waals surface area contributed by atoms with Crippen molar-refractivity contribution in [2.24, 2.45) is 0 Å². The maximum absolute atomic E-state index is 12.6. The van der Waals surface area contributed by atoms with Gasteiger partial charge >= 0.3 is 5.97 Å². The van der Waals surface area contributed by atoms with E-state index in [4.69, 9.17) is 4.74 Å². The molecule has 0 aliphatic heterocycles. The van der Waals surface area contributed by atoms with Crippen molar-refractivity contribution in [2.75, 3.05) is 26.2 Å². The van der Waals surface area contributed by atoms with Crippen LogP contribution in [0.4, 0.5) is 0 Å². The van der Waals surface area contributed by atoms with Crippen LogP contribution >= 0.6 is 23.7 Å². The molecule has 0 amide bonds. The highest BCUT2D eigenvalue weighted by Crippen LogP contribution is 2.42. The van der Waals surface area contributed by atoms with Gasteiger partial charge in [-0.1, -0.05) is 26.7 Å². The summed E-state index contributed by atoms with van der Waals surface area (Å²) in [5.41, 5.74) is 0.802. The fourth-order valence-corrected chi connectivity index (χ4v) is 3.83. The number of hydrogen-bond donors (Lipinski definition) is 0. The van der Waals surface area contributed by atoms with Crippen LogP contribution in [-0.2, 0) is 14.9 Å². The summed E-state index contributed by atoms with van der Waals surface area (Å²) in [7, 11) is 0. The molecule has 1 aromatic rings. The minimum atomic E-state index is -0.358. The Hall–Kier alpha value is -0.580. The number of thiophene rings is 1. The summed E-state index contributed by atoms with van der Waals surface area (Å²) in [5.74, 6) is -0.0134. The van der Waals surface area contributed by atoms with E-state index in [1.165, 1.54) is 0 Å². The first-order valence-corrected chi connectivity index (χ1v) is 8.59. The van der Waals surface area contributed by atoms with Gasteiger partial charge in [0.25, 0.3) is 0 Å². The summed E-state index contributed by atoms with van der Waals surface area (Å²) >= 11 is 1.66. The molecular weight excluding hydrogens is 306 g/mol. The van der Waals surface area contributed by atoms with Crippen LogP contribution in [0.2, 0.25) is 0 Å². The Morgan fingerprint density at radius 2 is 2.00 bits per heavy atom. The van der Waals surface area contributed by atoms with Crippen molar-refractivity contribution in [3.63, 3.8) is 0 Å². The summed E-state index contributed by atoms with van der Waals surface area (Å²) < 4.78 is 5.61. The van der Waals surface area contributed by atoms with Crippen molar-refractivity contribution in [2.45, 2.75) is 44.9 Å². The molecule has 2 rings (SSSR count). The molecular formula is C16H26ClNO2S. The monoisotopic (exact) mass is 331 g/mol. The zero-order valence-corrected chi connectivity index (χ0v) is 14.6. The van der Waals surface area contributed by atoms with E-state index in [2.05, 4.69) is 35.6 Å². The summed E-state index contributed by atoms with van der Waals surface area (Å²) in [6.07, 6.45) is 4.13. The highest BCUT2D eigenvalue weighted by Gasteiger charge is 2.44. The molecule has 120 valence electrons. The Balaban J connectivity index is 0.00000220. The summed E-state index contributed by atoms with van der Waals surface area (Å²) in [4.78, 5) is 14.9. The van der Waals surface area contributed by atoms with Gasteiger partial charge in [0.15, 0.2) is 0 Å². The second-order valence-corrected chi connectivity index (χ2v) is 6.24. The molecule has 21 heavy (non-hydrogen) atoms. The molecule has 0 spiro atoms. The smallest absolute Gasteiger partial charge is 0.316 e. The molecule has 1 aliphatic rings. The highest BCUT2D eigenvalue weighted by molar-refractivity contribution is 7.08. The number of halogens is 1. The van der Waals surface area contributed by atoms with Crippen molar-refractivity contribution in [3.05, 3.63) is 22.4 Å². The van der Waals surface area contributed by atoms with Gasteiger partial charge in [0, 0.05) is 6.54 Å². The van der Waals surface area contributed by atoms with Gasteiger partial charge in [0.1, 0.15) is 6.61 Å². The van der Waals surface area contributed by atoms with Gasteiger partial charge in [-0.3, -0.25) is 4.79 Å². The molecule has 1 fully saturated rings. The highest BCUT2D eigenvalue weighted by atomic mass is 35.5. The van der Waals surface area contributed by atoms with Gasteiger partial charge in [0.05, 0.1) is 5.41 Å². The summed E-state index contributed by atoms with van der Waals surface area (Å²) in [5, 5.41) is 4.16. The molecule has 0 atom stereocenters. The van der Waals surface area contributed by atoms with Crippen molar-refractivity contribution in [1.82, 2.24) is 4.90 Å². The molecule has 1 heterocycles. The van der Waals surface area contributed by atoms with Crippen LogP contribution in [0.25, 0.3) is 0 Å². The maximum atomic E-state index is 12.6. The van der Waals surface area contributed by atoms with Crippen LogP contribution in [0.15, 0.2) is 16.8 Å². The quantitative estimate of drug-likeness (QED) is 0.710. The minimum Gasteiger partial charge on any atom is -0.464 e. The van der Waals surface area contributed by atoms with Gasteiger partial charge < -0.3 is 9.64 Å². The van der Waals surface area contributed by atoms with Crippen molar-refractivity contribution >= 4 is 29.7 Å². The second kappa shape index (κ2) is 8.76. The second-order valence-electron chi connectivity index (χ2n) is 5.46. The van der Waals surface area contributed by atoms with Crippen molar-refractivity contribution in [1.29, 1.82) is 0 Å². The lowest BCUT2D eigenvalue weighted by Gasteiger charge is -2.27. The standard InChI is InChI=1S/C16H25NO2S.ClH/c1-3-17(4-2)10-11-19-15(18)16(8-5-6-9-16)14-7-12-20-13-14;/h7,12-13H,3-6,8-11H2,1-2H3;1H. The van der Waals surface area contributed by atoms with E-state index in [1.54, 1.807) is 11.3 Å². The van der Waals surface area contributed by atoms with Crippen LogP contribution in [0, 0.1) is 0 Å². The molecule has 0 N–H and O–H groups in total. The van der Waals surface area contributed by atoms with Crippen LogP contribution in [0.3, 0.4) is 0 Å². The largest absolute Gasteiger partial charge is 0.464 e. The van der Waals surface area contributed by atoms with Crippen LogP contribution in [-0.4, -0.2) is 37.1 Å². The lowest BCUT2D eigenvalue weighted by atomic mass is 9.80. The van der Waals surface area contributed by atoms with E-state index in [1.807, 2.05) is 0 Å².